The van der Waals surface area contributed by atoms with Gasteiger partial charge in [-0.1, -0.05) is 0 Å². The van der Waals surface area contributed by atoms with Crippen LogP contribution in [0.15, 0.2) is 12.3 Å². The Bertz CT molecular complexity index is 409. The summed E-state index contributed by atoms with van der Waals surface area (Å²) >= 11 is 1.77. The summed E-state index contributed by atoms with van der Waals surface area (Å²) in [4.78, 5) is 4.13. The number of nitriles is 1. The molecule has 0 saturated carbocycles. The summed E-state index contributed by atoms with van der Waals surface area (Å²) < 4.78 is 0.108. The molecule has 0 bridgehead atoms. The van der Waals surface area contributed by atoms with E-state index in [1.165, 1.54) is 0 Å². The SMILES string of the molecule is CSC(C)(C)CNc1nccc(C#N)c1N. The zero-order valence-corrected chi connectivity index (χ0v) is 10.6. The fourth-order valence-corrected chi connectivity index (χ4v) is 1.30. The first kappa shape index (κ1) is 12.7. The van der Waals surface area contributed by atoms with Crippen molar-refractivity contribution in [2.45, 2.75) is 18.6 Å². The highest BCUT2D eigenvalue weighted by atomic mass is 32.2. The van der Waals surface area contributed by atoms with E-state index in [4.69, 9.17) is 11.0 Å². The molecule has 1 heterocycles. The summed E-state index contributed by atoms with van der Waals surface area (Å²) in [5, 5.41) is 12.0. The Labute approximate surface area is 100 Å². The van der Waals surface area contributed by atoms with Crippen LogP contribution in [0.5, 0.6) is 0 Å². The van der Waals surface area contributed by atoms with Crippen molar-refractivity contribution in [3.8, 4) is 6.07 Å². The third-order valence-electron chi connectivity index (χ3n) is 2.34. The van der Waals surface area contributed by atoms with Gasteiger partial charge in [0.1, 0.15) is 6.07 Å². The molecule has 5 heteroatoms. The molecule has 1 aromatic rings. The lowest BCUT2D eigenvalue weighted by molar-refractivity contribution is 0.750. The summed E-state index contributed by atoms with van der Waals surface area (Å²) in [7, 11) is 0. The van der Waals surface area contributed by atoms with Gasteiger partial charge in [-0.15, -0.1) is 0 Å². The molecule has 0 aromatic carbocycles. The summed E-state index contributed by atoms with van der Waals surface area (Å²) in [6.07, 6.45) is 3.65. The van der Waals surface area contributed by atoms with Gasteiger partial charge in [-0.25, -0.2) is 4.98 Å². The molecule has 0 amide bonds. The van der Waals surface area contributed by atoms with E-state index < -0.39 is 0 Å². The van der Waals surface area contributed by atoms with Gasteiger partial charge in [0, 0.05) is 17.5 Å². The third-order valence-corrected chi connectivity index (χ3v) is 3.59. The molecule has 0 aliphatic carbocycles. The highest BCUT2D eigenvalue weighted by Crippen LogP contribution is 2.24. The maximum atomic E-state index is 8.83. The molecule has 0 atom stereocenters. The number of nitrogen functional groups attached to an aromatic ring is 1. The van der Waals surface area contributed by atoms with Crippen molar-refractivity contribution in [1.29, 1.82) is 5.26 Å². The van der Waals surface area contributed by atoms with Crippen LogP contribution in [0.2, 0.25) is 0 Å². The Morgan fingerprint density at radius 1 is 1.62 bits per heavy atom. The predicted molar refractivity (Wildman–Crippen MR) is 69.4 cm³/mol. The van der Waals surface area contributed by atoms with E-state index in [9.17, 15) is 0 Å². The molecule has 16 heavy (non-hydrogen) atoms. The largest absolute Gasteiger partial charge is 0.395 e. The van der Waals surface area contributed by atoms with E-state index in [2.05, 4.69) is 30.4 Å². The number of hydrogen-bond donors (Lipinski definition) is 2. The molecule has 4 nitrogen and oxygen atoms in total. The minimum Gasteiger partial charge on any atom is -0.395 e. The Morgan fingerprint density at radius 3 is 2.88 bits per heavy atom. The Morgan fingerprint density at radius 2 is 2.31 bits per heavy atom. The van der Waals surface area contributed by atoms with Crippen molar-refractivity contribution in [2.75, 3.05) is 23.9 Å². The van der Waals surface area contributed by atoms with Crippen molar-refractivity contribution in [3.05, 3.63) is 17.8 Å². The average Bonchev–Trinajstić information content (AvgIpc) is 2.28. The van der Waals surface area contributed by atoms with Gasteiger partial charge in [0.25, 0.3) is 0 Å². The number of nitrogens with one attached hydrogen (secondary N) is 1. The molecule has 0 fully saturated rings. The molecule has 1 aromatic heterocycles. The Kier molecular flexibility index (Phi) is 4.02. The monoisotopic (exact) mass is 236 g/mol. The number of nitrogens with zero attached hydrogens (tertiary/aromatic N) is 2. The van der Waals surface area contributed by atoms with Crippen LogP contribution >= 0.6 is 11.8 Å². The topological polar surface area (TPSA) is 74.7 Å². The molecule has 0 unspecified atom stereocenters. The molecular formula is C11H16N4S. The van der Waals surface area contributed by atoms with Crippen LogP contribution in [0.4, 0.5) is 11.5 Å². The van der Waals surface area contributed by atoms with E-state index in [-0.39, 0.29) is 4.75 Å². The lowest BCUT2D eigenvalue weighted by atomic mass is 10.2. The lowest BCUT2D eigenvalue weighted by Gasteiger charge is -2.23. The maximum Gasteiger partial charge on any atom is 0.150 e. The number of pyridine rings is 1. The van der Waals surface area contributed by atoms with E-state index in [1.54, 1.807) is 24.0 Å². The fraction of sp³-hybridized carbons (Fsp3) is 0.455. The van der Waals surface area contributed by atoms with E-state index >= 15 is 0 Å². The van der Waals surface area contributed by atoms with E-state index in [0.29, 0.717) is 17.1 Å². The molecule has 1 rings (SSSR count). The second-order valence-electron chi connectivity index (χ2n) is 4.05. The molecule has 0 spiro atoms. The van der Waals surface area contributed by atoms with Gasteiger partial charge in [-0.2, -0.15) is 17.0 Å². The average molecular weight is 236 g/mol. The van der Waals surface area contributed by atoms with Crippen molar-refractivity contribution >= 4 is 23.3 Å². The summed E-state index contributed by atoms with van der Waals surface area (Å²) in [5.74, 6) is 0.584. The van der Waals surface area contributed by atoms with Gasteiger partial charge in [-0.05, 0) is 26.2 Å². The summed E-state index contributed by atoms with van der Waals surface area (Å²) in [6, 6.07) is 3.65. The van der Waals surface area contributed by atoms with Crippen molar-refractivity contribution in [1.82, 2.24) is 4.98 Å². The normalized spacial score (nSPS) is 10.9. The molecule has 0 aliphatic rings. The minimum absolute atomic E-state index is 0.108. The van der Waals surface area contributed by atoms with Crippen molar-refractivity contribution in [3.63, 3.8) is 0 Å². The van der Waals surface area contributed by atoms with Crippen LogP contribution in [0.3, 0.4) is 0 Å². The number of rotatable bonds is 4. The highest BCUT2D eigenvalue weighted by Gasteiger charge is 2.16. The number of nitrogens with two attached hydrogens (primary N) is 1. The first-order valence-corrected chi connectivity index (χ1v) is 6.16. The van der Waals surface area contributed by atoms with Crippen LogP contribution in [0.25, 0.3) is 0 Å². The number of thioether (sulfide) groups is 1. The number of hydrogen-bond acceptors (Lipinski definition) is 5. The number of anilines is 2. The van der Waals surface area contributed by atoms with E-state index in [1.807, 2.05) is 6.07 Å². The zero-order valence-electron chi connectivity index (χ0n) is 9.74. The van der Waals surface area contributed by atoms with Gasteiger partial charge in [0.2, 0.25) is 0 Å². The molecule has 86 valence electrons. The number of aromatic nitrogens is 1. The fourth-order valence-electron chi connectivity index (χ4n) is 1.08. The van der Waals surface area contributed by atoms with E-state index in [0.717, 1.165) is 6.54 Å². The second-order valence-corrected chi connectivity index (χ2v) is 5.56. The molecule has 3 N–H and O–H groups in total. The smallest absolute Gasteiger partial charge is 0.150 e. The standard InChI is InChI=1S/C11H16N4S/c1-11(2,16-3)7-15-10-9(13)8(6-12)4-5-14-10/h4-5H,7,13H2,1-3H3,(H,14,15). The molecule has 0 saturated heterocycles. The Balaban J connectivity index is 2.80. The lowest BCUT2D eigenvalue weighted by Crippen LogP contribution is -2.26. The van der Waals surface area contributed by atoms with Crippen LogP contribution in [0.1, 0.15) is 19.4 Å². The third kappa shape index (κ3) is 3.04. The van der Waals surface area contributed by atoms with Crippen LogP contribution in [-0.4, -0.2) is 22.5 Å². The molecular weight excluding hydrogens is 220 g/mol. The van der Waals surface area contributed by atoms with Gasteiger partial charge in [0.05, 0.1) is 11.3 Å². The van der Waals surface area contributed by atoms with Crippen LogP contribution < -0.4 is 11.1 Å². The van der Waals surface area contributed by atoms with Crippen molar-refractivity contribution < 1.29 is 0 Å². The first-order chi connectivity index (χ1) is 7.50. The van der Waals surface area contributed by atoms with Gasteiger partial charge in [0.15, 0.2) is 5.82 Å². The summed E-state index contributed by atoms with van der Waals surface area (Å²) in [5.41, 5.74) is 6.69. The van der Waals surface area contributed by atoms with Gasteiger partial charge < -0.3 is 11.1 Å². The molecule has 0 radical (unpaired) electrons. The summed E-state index contributed by atoms with van der Waals surface area (Å²) in [6.45, 7) is 5.02. The minimum atomic E-state index is 0.108. The van der Waals surface area contributed by atoms with Gasteiger partial charge >= 0.3 is 0 Å². The molecule has 0 aliphatic heterocycles. The Hall–Kier alpha value is -1.41. The predicted octanol–water partition coefficient (Wildman–Crippen LogP) is 2.09. The zero-order chi connectivity index (χ0) is 12.2. The quantitative estimate of drug-likeness (QED) is 0.837. The van der Waals surface area contributed by atoms with Gasteiger partial charge in [-0.3, -0.25) is 0 Å². The van der Waals surface area contributed by atoms with Crippen molar-refractivity contribution in [2.24, 2.45) is 0 Å². The van der Waals surface area contributed by atoms with Crippen LogP contribution in [-0.2, 0) is 0 Å². The van der Waals surface area contributed by atoms with Crippen LogP contribution in [0, 0.1) is 11.3 Å². The highest BCUT2D eigenvalue weighted by molar-refractivity contribution is 7.99. The maximum absolute atomic E-state index is 8.83. The first-order valence-electron chi connectivity index (χ1n) is 4.94. The second kappa shape index (κ2) is 5.08.